The lowest BCUT2D eigenvalue weighted by molar-refractivity contribution is -0.134. The van der Waals surface area contributed by atoms with Gasteiger partial charge in [-0.05, 0) is 43.4 Å². The minimum Gasteiger partial charge on any atom is -0.463 e. The van der Waals surface area contributed by atoms with Crippen molar-refractivity contribution < 1.29 is 14.3 Å². The molecule has 1 atom stereocenters. The van der Waals surface area contributed by atoms with Gasteiger partial charge in [0.05, 0.1) is 6.61 Å². The number of aromatic nitrogens is 4. The number of aromatic amines is 1. The predicted octanol–water partition coefficient (Wildman–Crippen LogP) is 3.17. The summed E-state index contributed by atoms with van der Waals surface area (Å²) in [4.78, 5) is 40.6. The number of carbonyl (C=O) groups excluding carboxylic acids is 1. The van der Waals surface area contributed by atoms with Crippen LogP contribution in [-0.2, 0) is 17.9 Å². The molecule has 206 valence electrons. The Morgan fingerprint density at radius 1 is 1.26 bits per heavy atom. The molecule has 2 aromatic heterocycles. The number of unbranched alkanes of at least 4 members (excludes halogenated alkanes) is 1. The zero-order valence-electron chi connectivity index (χ0n) is 22.8. The molecule has 1 aliphatic rings. The normalized spacial score (nSPS) is 16.1. The Morgan fingerprint density at radius 2 is 2.08 bits per heavy atom. The van der Waals surface area contributed by atoms with Crippen LogP contribution in [0.5, 0.6) is 11.8 Å². The molecule has 0 spiro atoms. The van der Waals surface area contributed by atoms with E-state index in [2.05, 4.69) is 26.8 Å². The number of esters is 1. The number of piperidine rings is 1. The lowest BCUT2D eigenvalue weighted by Gasteiger charge is -2.33. The molecule has 0 radical (unpaired) electrons. The largest absolute Gasteiger partial charge is 0.463 e. The van der Waals surface area contributed by atoms with Gasteiger partial charge in [-0.2, -0.15) is 9.97 Å². The maximum Gasteiger partial charge on any atom is 0.327 e. The molecule has 1 aliphatic heterocycles. The first kappa shape index (κ1) is 27.4. The minimum atomic E-state index is -0.250. The maximum atomic E-state index is 12.8. The first-order chi connectivity index (χ1) is 18.3. The van der Waals surface area contributed by atoms with Gasteiger partial charge in [0.2, 0.25) is 0 Å². The molecule has 1 unspecified atom stereocenters. The number of carbonyl (C=O) groups is 1. The van der Waals surface area contributed by atoms with Crippen LogP contribution >= 0.6 is 0 Å². The summed E-state index contributed by atoms with van der Waals surface area (Å²) in [6.45, 7) is 7.49. The number of nitrogen functional groups attached to an aromatic ring is 1. The molecule has 1 saturated heterocycles. The van der Waals surface area contributed by atoms with E-state index >= 15 is 0 Å². The lowest BCUT2D eigenvalue weighted by atomic mass is 9.97. The second kappa shape index (κ2) is 12.3. The van der Waals surface area contributed by atoms with Crippen LogP contribution in [0, 0.1) is 5.92 Å². The molecule has 1 aromatic carbocycles. The van der Waals surface area contributed by atoms with Crippen molar-refractivity contribution >= 4 is 28.6 Å². The fourth-order valence-corrected chi connectivity index (χ4v) is 4.88. The number of nitrogens with two attached hydrogens (primary N) is 1. The van der Waals surface area contributed by atoms with Crippen molar-refractivity contribution in [1.82, 2.24) is 24.4 Å². The molecule has 3 heterocycles. The van der Waals surface area contributed by atoms with Crippen LogP contribution < -0.4 is 25.8 Å². The Labute approximate surface area is 222 Å². The quantitative estimate of drug-likeness (QED) is 0.220. The smallest absolute Gasteiger partial charge is 0.327 e. The Balaban J connectivity index is 1.49. The molecule has 0 amide bonds. The van der Waals surface area contributed by atoms with E-state index in [0.29, 0.717) is 36.5 Å². The summed E-state index contributed by atoms with van der Waals surface area (Å²) in [5, 5.41) is 0. The first-order valence-corrected chi connectivity index (χ1v) is 13.4. The number of hydrogen-bond donors (Lipinski definition) is 2. The van der Waals surface area contributed by atoms with E-state index in [-0.39, 0.29) is 29.4 Å². The van der Waals surface area contributed by atoms with Gasteiger partial charge in [0, 0.05) is 51.9 Å². The number of likely N-dealkylation sites (tertiary alicyclic amines) is 1. The number of ether oxygens (including phenoxy) is 2. The third kappa shape index (κ3) is 6.45. The van der Waals surface area contributed by atoms with Gasteiger partial charge >= 0.3 is 17.7 Å². The molecule has 1 fully saturated rings. The van der Waals surface area contributed by atoms with Crippen LogP contribution in [-0.4, -0.2) is 64.2 Å². The highest BCUT2D eigenvalue weighted by Crippen LogP contribution is 2.29. The molecule has 4 rings (SSSR count). The number of fused-ring (bicyclic) bond motifs is 1. The highest BCUT2D eigenvalue weighted by atomic mass is 16.5. The van der Waals surface area contributed by atoms with Crippen LogP contribution in [0.15, 0.2) is 23.0 Å². The average molecular weight is 526 g/mol. The van der Waals surface area contributed by atoms with E-state index in [0.717, 1.165) is 56.6 Å². The van der Waals surface area contributed by atoms with Crippen LogP contribution in [0.4, 0.5) is 11.5 Å². The van der Waals surface area contributed by atoms with Gasteiger partial charge in [-0.15, -0.1) is 0 Å². The van der Waals surface area contributed by atoms with E-state index in [1.54, 1.807) is 11.5 Å². The Kier molecular flexibility index (Phi) is 8.88. The minimum absolute atomic E-state index is 0.200. The molecule has 0 bridgehead atoms. The lowest BCUT2D eigenvalue weighted by Crippen LogP contribution is -2.38. The van der Waals surface area contributed by atoms with Gasteiger partial charge in [-0.1, -0.05) is 26.3 Å². The van der Waals surface area contributed by atoms with Gasteiger partial charge < -0.3 is 25.1 Å². The van der Waals surface area contributed by atoms with Crippen LogP contribution in [0.1, 0.15) is 51.5 Å². The highest BCUT2D eigenvalue weighted by molar-refractivity contribution is 5.81. The topological polar surface area (TPSA) is 132 Å². The number of H-pyrrole nitrogens is 1. The molecule has 3 aromatic rings. The number of imidazole rings is 1. The van der Waals surface area contributed by atoms with Gasteiger partial charge in [-0.3, -0.25) is 14.3 Å². The maximum absolute atomic E-state index is 12.8. The van der Waals surface area contributed by atoms with Crippen molar-refractivity contribution in [3.05, 3.63) is 34.2 Å². The van der Waals surface area contributed by atoms with Crippen molar-refractivity contribution in [3.63, 3.8) is 0 Å². The van der Waals surface area contributed by atoms with Gasteiger partial charge in [-0.25, -0.2) is 4.79 Å². The molecule has 0 saturated carbocycles. The fourth-order valence-electron chi connectivity index (χ4n) is 4.88. The summed E-state index contributed by atoms with van der Waals surface area (Å²) < 4.78 is 12.8. The summed E-state index contributed by atoms with van der Waals surface area (Å²) in [7, 11) is 3.97. The fraction of sp³-hybridized carbons (Fsp3) is 0.556. The number of anilines is 2. The van der Waals surface area contributed by atoms with E-state index in [1.165, 1.54) is 0 Å². The number of hydrogen-bond acceptors (Lipinski definition) is 9. The molecule has 38 heavy (non-hydrogen) atoms. The molecular formula is C27H39N7O4. The number of rotatable bonds is 11. The highest BCUT2D eigenvalue weighted by Gasteiger charge is 2.24. The zero-order valence-corrected chi connectivity index (χ0v) is 22.8. The first-order valence-electron chi connectivity index (χ1n) is 13.4. The molecule has 11 heteroatoms. The third-order valence-corrected chi connectivity index (χ3v) is 6.86. The summed E-state index contributed by atoms with van der Waals surface area (Å²) in [5.41, 5.74) is 8.98. The van der Waals surface area contributed by atoms with Crippen molar-refractivity contribution in [3.8, 4) is 11.8 Å². The van der Waals surface area contributed by atoms with E-state index < -0.39 is 0 Å². The molecule has 3 N–H and O–H groups in total. The van der Waals surface area contributed by atoms with Crippen molar-refractivity contribution in [2.75, 3.05) is 44.4 Å². The molecular weight excluding hydrogens is 486 g/mol. The predicted molar refractivity (Wildman–Crippen MR) is 148 cm³/mol. The average Bonchev–Trinajstić information content (AvgIpc) is 3.20. The standard InChI is InChI=1S/C27H39N7O4/c1-5-7-13-37-26-30-24(28)23-25(31-26)34(27(36)29-23)16-18-9-8-12-33(15-18)17-19-10-11-20(38-22(35)6-2)14-21(19)32(3)4/h10-11,14,18H,5-9,12-13,15-17H2,1-4H3,(H,29,36)(H2,28,30,31). The Morgan fingerprint density at radius 3 is 2.82 bits per heavy atom. The molecule has 11 nitrogen and oxygen atoms in total. The number of benzene rings is 1. The van der Waals surface area contributed by atoms with Gasteiger partial charge in [0.1, 0.15) is 11.3 Å². The van der Waals surface area contributed by atoms with Gasteiger partial charge in [0.15, 0.2) is 11.5 Å². The SMILES string of the molecule is CCCCOc1nc(N)c2[nH]c(=O)n(CC3CCCN(Cc4ccc(OC(=O)CC)cc4N(C)C)C3)c2n1. The Bertz CT molecular complexity index is 1320. The van der Waals surface area contributed by atoms with Crippen molar-refractivity contribution in [1.29, 1.82) is 0 Å². The monoisotopic (exact) mass is 525 g/mol. The Hall–Kier alpha value is -3.60. The van der Waals surface area contributed by atoms with Crippen molar-refractivity contribution in [2.45, 2.75) is 59.0 Å². The van der Waals surface area contributed by atoms with Crippen LogP contribution in [0.2, 0.25) is 0 Å². The van der Waals surface area contributed by atoms with Crippen LogP contribution in [0.3, 0.4) is 0 Å². The third-order valence-electron chi connectivity index (χ3n) is 6.86. The summed E-state index contributed by atoms with van der Waals surface area (Å²) in [5.74, 6) is 0.792. The number of nitrogens with one attached hydrogen (secondary N) is 1. The van der Waals surface area contributed by atoms with E-state index in [1.807, 2.05) is 37.2 Å². The van der Waals surface area contributed by atoms with E-state index in [9.17, 15) is 9.59 Å². The second-order valence-electron chi connectivity index (χ2n) is 10.1. The molecule has 0 aliphatic carbocycles. The summed E-state index contributed by atoms with van der Waals surface area (Å²) in [6.07, 6.45) is 4.27. The van der Waals surface area contributed by atoms with Crippen molar-refractivity contribution in [2.24, 2.45) is 5.92 Å². The zero-order chi connectivity index (χ0) is 27.2. The second-order valence-corrected chi connectivity index (χ2v) is 10.1. The van der Waals surface area contributed by atoms with E-state index in [4.69, 9.17) is 15.2 Å². The summed E-state index contributed by atoms with van der Waals surface area (Å²) >= 11 is 0. The van der Waals surface area contributed by atoms with Crippen LogP contribution in [0.25, 0.3) is 11.2 Å². The number of nitrogens with zero attached hydrogens (tertiary/aromatic N) is 5. The van der Waals surface area contributed by atoms with Gasteiger partial charge in [0.25, 0.3) is 0 Å². The summed E-state index contributed by atoms with van der Waals surface area (Å²) in [6, 6.07) is 6.00.